The molecule has 3 aromatic rings. The molecule has 0 radical (unpaired) electrons. The number of hydrogen-bond donors (Lipinski definition) is 0. The summed E-state index contributed by atoms with van der Waals surface area (Å²) >= 11 is 0. The van der Waals surface area contributed by atoms with Crippen LogP contribution in [-0.2, 0) is 21.5 Å². The predicted octanol–water partition coefficient (Wildman–Crippen LogP) is 2.36. The molecule has 1 saturated carbocycles. The zero-order valence-electron chi connectivity index (χ0n) is 18.5. The molecule has 1 atom stereocenters. The molecule has 32 heavy (non-hydrogen) atoms. The van der Waals surface area contributed by atoms with Gasteiger partial charge in [-0.2, -0.15) is 0 Å². The number of fused-ring (bicyclic) bond motifs is 1. The first-order valence-corrected chi connectivity index (χ1v) is 11.1. The number of nitrogens with zero attached hydrogens (tertiary/aromatic N) is 4. The molecule has 8 nitrogen and oxygen atoms in total. The monoisotopic (exact) mass is 436 g/mol. The topological polar surface area (TPSA) is 78.6 Å². The van der Waals surface area contributed by atoms with Crippen LogP contribution in [0, 0.1) is 0 Å². The van der Waals surface area contributed by atoms with Gasteiger partial charge in [-0.3, -0.25) is 13.9 Å². The number of methoxy groups -OCH3 is 2. The van der Waals surface area contributed by atoms with Crippen LogP contribution in [0.2, 0.25) is 0 Å². The Labute approximate surface area is 186 Å². The lowest BCUT2D eigenvalue weighted by Crippen LogP contribution is -2.38. The van der Waals surface area contributed by atoms with E-state index >= 15 is 0 Å². The van der Waals surface area contributed by atoms with Gasteiger partial charge in [-0.1, -0.05) is 12.1 Å². The van der Waals surface area contributed by atoms with Crippen LogP contribution in [0.15, 0.2) is 47.4 Å². The van der Waals surface area contributed by atoms with Gasteiger partial charge in [0.25, 0.3) is 0 Å². The first-order chi connectivity index (χ1) is 15.6. The lowest BCUT2D eigenvalue weighted by molar-refractivity contribution is -0.133. The summed E-state index contributed by atoms with van der Waals surface area (Å²) in [7, 11) is 3.26. The highest BCUT2D eigenvalue weighted by molar-refractivity contribution is 5.91. The Hall–Kier alpha value is -3.13. The molecule has 0 unspecified atom stereocenters. The summed E-state index contributed by atoms with van der Waals surface area (Å²) in [5.41, 5.74) is 1.99. The molecule has 1 amide bonds. The van der Waals surface area contributed by atoms with Crippen LogP contribution in [0.4, 0.5) is 0 Å². The van der Waals surface area contributed by atoms with Gasteiger partial charge in [0, 0.05) is 26.4 Å². The van der Waals surface area contributed by atoms with E-state index in [1.165, 1.54) is 0 Å². The molecule has 2 fully saturated rings. The molecule has 0 bridgehead atoms. The molecule has 1 saturated heterocycles. The smallest absolute Gasteiger partial charge is 0.330 e. The van der Waals surface area contributed by atoms with E-state index in [4.69, 9.17) is 9.47 Å². The second-order valence-corrected chi connectivity index (χ2v) is 8.65. The number of rotatable bonds is 7. The molecule has 1 aliphatic heterocycles. The second kappa shape index (κ2) is 8.09. The number of carbonyl (C=O) groups is 1. The number of carbonyl (C=O) groups excluding carboxylic acids is 1. The molecular formula is C24H28N4O4. The van der Waals surface area contributed by atoms with Crippen LogP contribution in [0.3, 0.4) is 0 Å². The number of pyridine rings is 1. The predicted molar refractivity (Wildman–Crippen MR) is 120 cm³/mol. The zero-order valence-corrected chi connectivity index (χ0v) is 18.5. The van der Waals surface area contributed by atoms with Crippen molar-refractivity contribution >= 4 is 17.1 Å². The van der Waals surface area contributed by atoms with Gasteiger partial charge in [0.05, 0.1) is 37.2 Å². The summed E-state index contributed by atoms with van der Waals surface area (Å²) in [5.74, 6) is 0.948. The summed E-state index contributed by atoms with van der Waals surface area (Å²) in [4.78, 5) is 33.2. The van der Waals surface area contributed by atoms with E-state index in [0.29, 0.717) is 31.9 Å². The fraction of sp³-hybridized carbons (Fsp3) is 0.458. The Morgan fingerprint density at radius 3 is 2.66 bits per heavy atom. The highest BCUT2D eigenvalue weighted by Crippen LogP contribution is 2.50. The molecule has 168 valence electrons. The van der Waals surface area contributed by atoms with Gasteiger partial charge < -0.3 is 14.4 Å². The lowest BCUT2D eigenvalue weighted by Gasteiger charge is -2.24. The van der Waals surface area contributed by atoms with Crippen molar-refractivity contribution in [2.45, 2.75) is 37.3 Å². The van der Waals surface area contributed by atoms with E-state index in [2.05, 4.69) is 4.98 Å². The third kappa shape index (κ3) is 3.30. The number of benzene rings is 1. The Kier molecular flexibility index (Phi) is 5.25. The van der Waals surface area contributed by atoms with Crippen molar-refractivity contribution < 1.29 is 14.3 Å². The van der Waals surface area contributed by atoms with Crippen LogP contribution in [-0.4, -0.2) is 58.8 Å². The molecule has 8 heteroatoms. The summed E-state index contributed by atoms with van der Waals surface area (Å²) < 4.78 is 13.9. The van der Waals surface area contributed by atoms with E-state index in [-0.39, 0.29) is 17.6 Å². The Morgan fingerprint density at radius 1 is 1.19 bits per heavy atom. The fourth-order valence-electron chi connectivity index (χ4n) is 4.94. The first kappa shape index (κ1) is 20.8. The Bertz CT molecular complexity index is 1190. The maximum atomic E-state index is 13.5. The third-order valence-electron chi connectivity index (χ3n) is 6.86. The Morgan fingerprint density at radius 2 is 1.97 bits per heavy atom. The number of aromatic nitrogens is 3. The van der Waals surface area contributed by atoms with Crippen LogP contribution < -0.4 is 10.4 Å². The number of ether oxygens (including phenoxy) is 2. The SMILES string of the molecule is COCCn1c(=O)n([C@@H]2CCN(C(=O)C3(c4ccc(OC)cc4)CC3)C2)c2ncccc21. The number of hydrogen-bond acceptors (Lipinski definition) is 5. The Balaban J connectivity index is 1.40. The molecule has 1 aliphatic carbocycles. The first-order valence-electron chi connectivity index (χ1n) is 11.1. The van der Waals surface area contributed by atoms with Crippen molar-refractivity contribution in [3.8, 4) is 5.75 Å². The normalized spacial score (nSPS) is 19.4. The molecule has 2 aliphatic rings. The minimum Gasteiger partial charge on any atom is -0.497 e. The van der Waals surface area contributed by atoms with Crippen molar-refractivity contribution in [1.82, 2.24) is 19.0 Å². The highest BCUT2D eigenvalue weighted by atomic mass is 16.5. The maximum absolute atomic E-state index is 13.5. The molecule has 0 N–H and O–H groups in total. The molecular weight excluding hydrogens is 408 g/mol. The van der Waals surface area contributed by atoms with E-state index in [0.717, 1.165) is 36.1 Å². The van der Waals surface area contributed by atoms with Gasteiger partial charge in [0.1, 0.15) is 5.75 Å². The van der Waals surface area contributed by atoms with Crippen molar-refractivity contribution in [3.63, 3.8) is 0 Å². The van der Waals surface area contributed by atoms with E-state index in [1.54, 1.807) is 29.6 Å². The van der Waals surface area contributed by atoms with Crippen molar-refractivity contribution in [2.75, 3.05) is 33.9 Å². The third-order valence-corrected chi connectivity index (χ3v) is 6.86. The van der Waals surface area contributed by atoms with E-state index in [9.17, 15) is 9.59 Å². The van der Waals surface area contributed by atoms with Crippen LogP contribution in [0.5, 0.6) is 5.75 Å². The standard InChI is InChI=1S/C24H28N4O4/c1-31-15-14-27-20-4-3-12-25-21(20)28(23(27)30)18-9-13-26(16-18)22(29)24(10-11-24)17-5-7-19(32-2)8-6-17/h3-8,12,18H,9-11,13-16H2,1-2H3/t18-/m1/s1. The van der Waals surface area contributed by atoms with Crippen molar-refractivity contribution in [2.24, 2.45) is 0 Å². The minimum atomic E-state index is -0.434. The van der Waals surface area contributed by atoms with Crippen molar-refractivity contribution in [1.29, 1.82) is 0 Å². The van der Waals surface area contributed by atoms with Crippen LogP contribution >= 0.6 is 0 Å². The summed E-state index contributed by atoms with van der Waals surface area (Å²) in [6, 6.07) is 11.5. The van der Waals surface area contributed by atoms with Gasteiger partial charge >= 0.3 is 5.69 Å². The lowest BCUT2D eigenvalue weighted by atomic mass is 9.94. The zero-order chi connectivity index (χ0) is 22.3. The van der Waals surface area contributed by atoms with Crippen molar-refractivity contribution in [3.05, 3.63) is 58.6 Å². The quantitative estimate of drug-likeness (QED) is 0.568. The van der Waals surface area contributed by atoms with Gasteiger partial charge in [-0.15, -0.1) is 0 Å². The largest absolute Gasteiger partial charge is 0.497 e. The summed E-state index contributed by atoms with van der Waals surface area (Å²) in [6.07, 6.45) is 4.16. The fourth-order valence-corrected chi connectivity index (χ4v) is 4.94. The minimum absolute atomic E-state index is 0.0840. The van der Waals surface area contributed by atoms with Gasteiger partial charge in [-0.05, 0) is 49.1 Å². The van der Waals surface area contributed by atoms with E-state index in [1.807, 2.05) is 41.3 Å². The second-order valence-electron chi connectivity index (χ2n) is 8.65. The molecule has 5 rings (SSSR count). The molecule has 0 spiro atoms. The van der Waals surface area contributed by atoms with Gasteiger partial charge in [0.15, 0.2) is 5.65 Å². The van der Waals surface area contributed by atoms with Gasteiger partial charge in [-0.25, -0.2) is 9.78 Å². The highest BCUT2D eigenvalue weighted by Gasteiger charge is 2.53. The number of amides is 1. The molecule has 2 aromatic heterocycles. The molecule has 3 heterocycles. The maximum Gasteiger partial charge on any atom is 0.330 e. The number of likely N-dealkylation sites (tertiary alicyclic amines) is 1. The van der Waals surface area contributed by atoms with E-state index < -0.39 is 5.41 Å². The summed E-state index contributed by atoms with van der Waals surface area (Å²) in [5, 5.41) is 0. The molecule has 1 aromatic carbocycles. The number of imidazole rings is 1. The van der Waals surface area contributed by atoms with Crippen LogP contribution in [0.25, 0.3) is 11.2 Å². The average Bonchev–Trinajstić information content (AvgIpc) is 3.41. The van der Waals surface area contributed by atoms with Gasteiger partial charge in [0.2, 0.25) is 5.91 Å². The average molecular weight is 437 g/mol. The summed E-state index contributed by atoms with van der Waals surface area (Å²) in [6.45, 7) is 2.09. The van der Waals surface area contributed by atoms with Crippen LogP contribution in [0.1, 0.15) is 30.9 Å².